The van der Waals surface area contributed by atoms with E-state index in [2.05, 4.69) is 4.98 Å². The lowest BCUT2D eigenvalue weighted by atomic mass is 10.1. The van der Waals surface area contributed by atoms with Crippen LogP contribution in [0.15, 0.2) is 40.8 Å². The molecule has 0 aliphatic rings. The molecule has 2 aromatic carbocycles. The molecule has 0 spiro atoms. The Morgan fingerprint density at radius 2 is 1.89 bits per heavy atom. The number of nitrogens with zero attached hydrogens (tertiary/aromatic N) is 1. The zero-order valence-electron chi connectivity index (χ0n) is 9.86. The van der Waals surface area contributed by atoms with Crippen molar-refractivity contribution in [2.75, 3.05) is 5.73 Å². The quantitative estimate of drug-likeness (QED) is 0.719. The number of nitrogen functional groups attached to an aromatic ring is 1. The maximum Gasteiger partial charge on any atom is 0.200 e. The number of fused-ring (bicyclic) bond motifs is 1. The van der Waals surface area contributed by atoms with Gasteiger partial charge in [0, 0.05) is 5.56 Å². The lowest BCUT2D eigenvalue weighted by Gasteiger charge is -2.00. The van der Waals surface area contributed by atoms with E-state index in [4.69, 9.17) is 10.2 Å². The Bertz CT molecular complexity index is 752. The average Bonchev–Trinajstić information content (AvgIpc) is 2.79. The van der Waals surface area contributed by atoms with Crippen molar-refractivity contribution in [3.63, 3.8) is 0 Å². The number of anilines is 1. The second-order valence-corrected chi connectivity index (χ2v) is 4.19. The highest BCUT2D eigenvalue weighted by Gasteiger charge is 2.13. The predicted molar refractivity (Wildman–Crippen MR) is 67.6 cm³/mol. The molecule has 3 rings (SSSR count). The van der Waals surface area contributed by atoms with E-state index in [0.717, 1.165) is 6.07 Å². The van der Waals surface area contributed by atoms with Gasteiger partial charge in [-0.15, -0.1) is 0 Å². The average molecular weight is 260 g/mol. The van der Waals surface area contributed by atoms with Crippen molar-refractivity contribution in [2.24, 2.45) is 0 Å². The molecule has 0 fully saturated rings. The van der Waals surface area contributed by atoms with Crippen LogP contribution in [-0.4, -0.2) is 4.98 Å². The topological polar surface area (TPSA) is 52.0 Å². The van der Waals surface area contributed by atoms with Gasteiger partial charge in [0.15, 0.2) is 23.1 Å². The summed E-state index contributed by atoms with van der Waals surface area (Å²) in [5.41, 5.74) is 7.52. The number of hydrogen-bond acceptors (Lipinski definition) is 3. The van der Waals surface area contributed by atoms with Crippen LogP contribution < -0.4 is 5.73 Å². The third-order valence-corrected chi connectivity index (χ3v) is 2.87. The summed E-state index contributed by atoms with van der Waals surface area (Å²) in [5.74, 6) is -1.46. The van der Waals surface area contributed by atoms with Crippen molar-refractivity contribution in [1.29, 1.82) is 0 Å². The third-order valence-electron chi connectivity index (χ3n) is 2.87. The number of benzene rings is 2. The molecule has 96 valence electrons. The van der Waals surface area contributed by atoms with E-state index in [0.29, 0.717) is 22.7 Å². The highest BCUT2D eigenvalue weighted by atomic mass is 19.2. The number of para-hydroxylation sites is 1. The van der Waals surface area contributed by atoms with Gasteiger partial charge >= 0.3 is 0 Å². The van der Waals surface area contributed by atoms with Gasteiger partial charge in [-0.2, -0.15) is 0 Å². The number of hydrogen-bond donors (Lipinski definition) is 1. The van der Waals surface area contributed by atoms with Crippen molar-refractivity contribution >= 4 is 16.8 Å². The van der Waals surface area contributed by atoms with E-state index < -0.39 is 11.6 Å². The van der Waals surface area contributed by atoms with E-state index in [-0.39, 0.29) is 12.0 Å². The van der Waals surface area contributed by atoms with Crippen molar-refractivity contribution in [3.05, 3.63) is 59.5 Å². The number of aromatic nitrogens is 1. The predicted octanol–water partition coefficient (Wildman–Crippen LogP) is 3.28. The first-order valence-electron chi connectivity index (χ1n) is 5.72. The SMILES string of the molecule is Nc1cccc2oc(Cc3cccc(F)c3F)nc12. The summed E-state index contributed by atoms with van der Waals surface area (Å²) in [5, 5.41) is 0. The smallest absolute Gasteiger partial charge is 0.200 e. The molecule has 0 radical (unpaired) electrons. The maximum atomic E-state index is 13.6. The van der Waals surface area contributed by atoms with Crippen LogP contribution in [0.5, 0.6) is 0 Å². The van der Waals surface area contributed by atoms with Gasteiger partial charge in [-0.3, -0.25) is 0 Å². The summed E-state index contributed by atoms with van der Waals surface area (Å²) in [6.07, 6.45) is 0.0811. The molecule has 3 aromatic rings. The minimum atomic E-state index is -0.881. The van der Waals surface area contributed by atoms with Crippen molar-refractivity contribution in [3.8, 4) is 0 Å². The lowest BCUT2D eigenvalue weighted by Crippen LogP contribution is -1.95. The van der Waals surface area contributed by atoms with E-state index in [1.165, 1.54) is 12.1 Å². The fraction of sp³-hybridized carbons (Fsp3) is 0.0714. The zero-order valence-corrected chi connectivity index (χ0v) is 9.86. The molecule has 19 heavy (non-hydrogen) atoms. The van der Waals surface area contributed by atoms with Gasteiger partial charge in [0.05, 0.1) is 12.1 Å². The van der Waals surface area contributed by atoms with E-state index in [1.54, 1.807) is 18.2 Å². The summed E-state index contributed by atoms with van der Waals surface area (Å²) in [4.78, 5) is 4.20. The Labute approximate surface area is 107 Å². The molecular weight excluding hydrogens is 250 g/mol. The largest absolute Gasteiger partial charge is 0.440 e. The molecular formula is C14H10F2N2O. The Morgan fingerprint density at radius 1 is 1.11 bits per heavy atom. The first-order valence-corrected chi connectivity index (χ1v) is 5.72. The van der Waals surface area contributed by atoms with Crippen LogP contribution in [-0.2, 0) is 6.42 Å². The van der Waals surface area contributed by atoms with E-state index in [1.807, 2.05) is 0 Å². The van der Waals surface area contributed by atoms with Crippen LogP contribution in [0.3, 0.4) is 0 Å². The Balaban J connectivity index is 2.02. The second-order valence-electron chi connectivity index (χ2n) is 4.19. The molecule has 0 aliphatic heterocycles. The molecule has 0 saturated carbocycles. The minimum absolute atomic E-state index is 0.0811. The molecule has 0 saturated heterocycles. The van der Waals surface area contributed by atoms with E-state index >= 15 is 0 Å². The zero-order chi connectivity index (χ0) is 13.4. The van der Waals surface area contributed by atoms with Gasteiger partial charge in [-0.25, -0.2) is 13.8 Å². The molecule has 0 bridgehead atoms. The van der Waals surface area contributed by atoms with Gasteiger partial charge in [-0.05, 0) is 18.2 Å². The van der Waals surface area contributed by atoms with Gasteiger partial charge in [0.25, 0.3) is 0 Å². The first kappa shape index (κ1) is 11.6. The van der Waals surface area contributed by atoms with Crippen LogP contribution in [0.2, 0.25) is 0 Å². The molecule has 1 aromatic heterocycles. The van der Waals surface area contributed by atoms with Gasteiger partial charge < -0.3 is 10.2 Å². The standard InChI is InChI=1S/C14H10F2N2O/c15-9-4-1-3-8(13(9)16)7-12-18-14-10(17)5-2-6-11(14)19-12/h1-6H,7,17H2. The maximum absolute atomic E-state index is 13.6. The Hall–Kier alpha value is -2.43. The second kappa shape index (κ2) is 4.35. The third kappa shape index (κ3) is 2.03. The summed E-state index contributed by atoms with van der Waals surface area (Å²) in [6.45, 7) is 0. The Kier molecular flexibility index (Phi) is 2.67. The summed E-state index contributed by atoms with van der Waals surface area (Å²) in [7, 11) is 0. The molecule has 0 atom stereocenters. The molecule has 3 nitrogen and oxygen atoms in total. The van der Waals surface area contributed by atoms with Gasteiger partial charge in [0.2, 0.25) is 0 Å². The molecule has 0 aliphatic carbocycles. The lowest BCUT2D eigenvalue weighted by molar-refractivity contribution is 0.491. The first-order chi connectivity index (χ1) is 9.15. The summed E-state index contributed by atoms with van der Waals surface area (Å²) < 4.78 is 32.1. The minimum Gasteiger partial charge on any atom is -0.440 e. The van der Waals surface area contributed by atoms with Crippen LogP contribution in [0.25, 0.3) is 11.1 Å². The number of nitrogens with two attached hydrogens (primary N) is 1. The van der Waals surface area contributed by atoms with Crippen molar-refractivity contribution < 1.29 is 13.2 Å². The monoisotopic (exact) mass is 260 g/mol. The van der Waals surface area contributed by atoms with Gasteiger partial charge in [-0.1, -0.05) is 18.2 Å². The summed E-state index contributed by atoms with van der Waals surface area (Å²) >= 11 is 0. The Morgan fingerprint density at radius 3 is 2.68 bits per heavy atom. The van der Waals surface area contributed by atoms with Gasteiger partial charge in [0.1, 0.15) is 5.52 Å². The summed E-state index contributed by atoms with van der Waals surface area (Å²) in [6, 6.07) is 9.20. The normalized spacial score (nSPS) is 11.1. The number of halogens is 2. The van der Waals surface area contributed by atoms with Crippen LogP contribution >= 0.6 is 0 Å². The highest BCUT2D eigenvalue weighted by Crippen LogP contribution is 2.23. The van der Waals surface area contributed by atoms with Crippen LogP contribution in [0.1, 0.15) is 11.5 Å². The fourth-order valence-electron chi connectivity index (χ4n) is 1.94. The number of rotatable bonds is 2. The highest BCUT2D eigenvalue weighted by molar-refractivity contribution is 5.85. The molecule has 5 heteroatoms. The van der Waals surface area contributed by atoms with Crippen molar-refractivity contribution in [2.45, 2.75) is 6.42 Å². The fourth-order valence-corrected chi connectivity index (χ4v) is 1.94. The molecule has 0 amide bonds. The number of oxazole rings is 1. The van der Waals surface area contributed by atoms with Crippen molar-refractivity contribution in [1.82, 2.24) is 4.98 Å². The van der Waals surface area contributed by atoms with E-state index in [9.17, 15) is 8.78 Å². The molecule has 0 unspecified atom stereocenters. The molecule has 2 N–H and O–H groups in total. The van der Waals surface area contributed by atoms with Crippen LogP contribution in [0.4, 0.5) is 14.5 Å². The molecule has 1 heterocycles. The van der Waals surface area contributed by atoms with Crippen LogP contribution in [0, 0.1) is 11.6 Å².